The molecule has 42 heavy (non-hydrogen) atoms. The summed E-state index contributed by atoms with van der Waals surface area (Å²) in [6.45, 7) is 0.458. The summed E-state index contributed by atoms with van der Waals surface area (Å²) >= 11 is 0. The van der Waals surface area contributed by atoms with Crippen LogP contribution in [0.3, 0.4) is 0 Å². The topological polar surface area (TPSA) is 117 Å². The van der Waals surface area contributed by atoms with Crippen LogP contribution in [0.1, 0.15) is 11.1 Å². The second-order valence-corrected chi connectivity index (χ2v) is 11.6. The number of hydrogen-bond donors (Lipinski definition) is 3. The normalized spacial score (nSPS) is 11.2. The summed E-state index contributed by atoms with van der Waals surface area (Å²) in [5.41, 5.74) is 5.22. The highest BCUT2D eigenvalue weighted by Crippen LogP contribution is 2.28. The third-order valence-electron chi connectivity index (χ3n) is 6.76. The van der Waals surface area contributed by atoms with Crippen molar-refractivity contribution in [2.45, 2.75) is 13.0 Å². The molecule has 0 atom stereocenters. The summed E-state index contributed by atoms with van der Waals surface area (Å²) < 4.78 is 41.2. The van der Waals surface area contributed by atoms with E-state index in [2.05, 4.69) is 25.3 Å². The average molecular weight is 611 g/mol. The second kappa shape index (κ2) is 13.1. The van der Waals surface area contributed by atoms with Crippen LogP contribution in [-0.4, -0.2) is 47.8 Å². The number of hydrogen-bond acceptors (Lipinski definition) is 8. The molecule has 0 radical (unpaired) electrons. The van der Waals surface area contributed by atoms with Crippen molar-refractivity contribution < 1.29 is 12.8 Å². The van der Waals surface area contributed by atoms with Gasteiger partial charge in [-0.05, 0) is 73.1 Å². The first-order chi connectivity index (χ1) is 19.7. The number of sulfonamides is 1. The summed E-state index contributed by atoms with van der Waals surface area (Å²) in [7, 11) is 2.02. The maximum Gasteiger partial charge on any atom is 0.229 e. The smallest absolute Gasteiger partial charge is 0.229 e. The van der Waals surface area contributed by atoms with Gasteiger partial charge in [0.2, 0.25) is 21.9 Å². The monoisotopic (exact) mass is 610 g/mol. The van der Waals surface area contributed by atoms with Crippen molar-refractivity contribution >= 4 is 62.6 Å². The number of rotatable bonds is 11. The van der Waals surface area contributed by atoms with Crippen molar-refractivity contribution in [3.63, 3.8) is 0 Å². The lowest BCUT2D eigenvalue weighted by Gasteiger charge is -2.19. The zero-order valence-corrected chi connectivity index (χ0v) is 25.0. The van der Waals surface area contributed by atoms with E-state index in [0.29, 0.717) is 30.7 Å². The molecule has 0 spiro atoms. The first-order valence-corrected chi connectivity index (χ1v) is 14.6. The van der Waals surface area contributed by atoms with Crippen LogP contribution in [0.5, 0.6) is 0 Å². The van der Waals surface area contributed by atoms with Gasteiger partial charge in [0.1, 0.15) is 11.6 Å². The maximum atomic E-state index is 13.5. The molecule has 5 rings (SSSR count). The number of aromatic nitrogens is 4. The van der Waals surface area contributed by atoms with E-state index in [-0.39, 0.29) is 24.0 Å². The quantitative estimate of drug-likeness (QED) is 0.188. The zero-order valence-electron chi connectivity index (χ0n) is 23.4. The average Bonchev–Trinajstić information content (AvgIpc) is 3.30. The van der Waals surface area contributed by atoms with Crippen molar-refractivity contribution in [1.29, 1.82) is 0 Å². The van der Waals surface area contributed by atoms with Crippen LogP contribution in [0.4, 0.5) is 33.5 Å². The molecule has 5 aromatic rings. The maximum absolute atomic E-state index is 13.5. The van der Waals surface area contributed by atoms with Gasteiger partial charge >= 0.3 is 0 Å². The fourth-order valence-electron chi connectivity index (χ4n) is 4.35. The van der Waals surface area contributed by atoms with Gasteiger partial charge in [0.25, 0.3) is 0 Å². The van der Waals surface area contributed by atoms with Gasteiger partial charge in [-0.3, -0.25) is 0 Å². The molecule has 0 fully saturated rings. The third-order valence-corrected chi connectivity index (χ3v) is 8.12. The third kappa shape index (κ3) is 7.32. The molecule has 3 aromatic carbocycles. The molecule has 0 aliphatic rings. The molecule has 220 valence electrons. The number of nitrogens with zero attached hydrogens (tertiary/aromatic N) is 5. The van der Waals surface area contributed by atoms with Crippen LogP contribution in [0.2, 0.25) is 0 Å². The predicted octanol–water partition coefficient (Wildman–Crippen LogP) is 5.14. The van der Waals surface area contributed by atoms with Gasteiger partial charge in [-0.25, -0.2) is 27.5 Å². The first-order valence-electron chi connectivity index (χ1n) is 13.0. The van der Waals surface area contributed by atoms with Gasteiger partial charge in [-0.1, -0.05) is 24.3 Å². The second-order valence-electron chi connectivity index (χ2n) is 9.54. The van der Waals surface area contributed by atoms with Crippen LogP contribution < -0.4 is 20.3 Å². The Morgan fingerprint density at radius 3 is 2.50 bits per heavy atom. The Morgan fingerprint density at radius 1 is 0.976 bits per heavy atom. The van der Waals surface area contributed by atoms with Crippen molar-refractivity contribution in [3.8, 4) is 0 Å². The predicted molar refractivity (Wildman–Crippen MR) is 168 cm³/mol. The molecular weight excluding hydrogens is 579 g/mol. The van der Waals surface area contributed by atoms with E-state index in [1.807, 2.05) is 78.2 Å². The van der Waals surface area contributed by atoms with Gasteiger partial charge in [0.15, 0.2) is 0 Å². The van der Waals surface area contributed by atoms with Gasteiger partial charge in [-0.2, -0.15) is 4.98 Å². The minimum Gasteiger partial charge on any atom is -0.352 e. The first kappa shape index (κ1) is 30.7. The Hall–Kier alpha value is -4.26. The van der Waals surface area contributed by atoms with Gasteiger partial charge in [-0.15, -0.1) is 12.4 Å². The largest absolute Gasteiger partial charge is 0.352 e. The lowest BCUT2D eigenvalue weighted by molar-refractivity contribution is 0.587. The molecule has 2 aromatic heterocycles. The van der Waals surface area contributed by atoms with Crippen molar-refractivity contribution in [3.05, 3.63) is 95.9 Å². The van der Waals surface area contributed by atoms with Gasteiger partial charge in [0.05, 0.1) is 16.8 Å². The number of nitrogens with one attached hydrogen (secondary N) is 3. The number of benzene rings is 3. The molecule has 0 amide bonds. The van der Waals surface area contributed by atoms with E-state index in [4.69, 9.17) is 4.98 Å². The van der Waals surface area contributed by atoms with E-state index in [0.717, 1.165) is 33.5 Å². The summed E-state index contributed by atoms with van der Waals surface area (Å²) in [4.78, 5) is 15.7. The standard InChI is InChI=1S/C29H31FN8O2S.ClH/c1-31-41(39,40)16-14-20-7-9-23(10-8-20)34-28-32-15-13-27(36-28)37(2)24-11-12-26-25(18-24)35-29(38(26)3)33-19-21-5-4-6-22(30)17-21;/h4-13,15,17-18,31H,14,16,19H2,1-3H3,(H,33,35)(H,32,34,36);1H. The molecule has 0 saturated heterocycles. The fourth-order valence-corrected chi connectivity index (χ4v) is 5.06. The zero-order chi connectivity index (χ0) is 29.0. The Balaban J connectivity index is 0.00000405. The summed E-state index contributed by atoms with van der Waals surface area (Å²) in [6, 6.07) is 21.8. The van der Waals surface area contributed by atoms with Crippen molar-refractivity contribution in [1.82, 2.24) is 24.2 Å². The molecule has 10 nitrogen and oxygen atoms in total. The summed E-state index contributed by atoms with van der Waals surface area (Å²) in [5.74, 6) is 1.58. The minimum absolute atomic E-state index is 0. The Morgan fingerprint density at radius 2 is 1.76 bits per heavy atom. The lowest BCUT2D eigenvalue weighted by atomic mass is 10.1. The van der Waals surface area contributed by atoms with Crippen molar-refractivity contribution in [2.75, 3.05) is 35.4 Å². The van der Waals surface area contributed by atoms with E-state index in [1.165, 1.54) is 19.2 Å². The van der Waals surface area contributed by atoms with E-state index in [9.17, 15) is 12.8 Å². The fraction of sp³-hybridized carbons (Fsp3) is 0.207. The molecule has 3 N–H and O–H groups in total. The number of aryl methyl sites for hydroxylation is 2. The lowest BCUT2D eigenvalue weighted by Crippen LogP contribution is -2.23. The molecule has 0 bridgehead atoms. The van der Waals surface area contributed by atoms with Crippen molar-refractivity contribution in [2.24, 2.45) is 7.05 Å². The Kier molecular flexibility index (Phi) is 9.61. The van der Waals surface area contributed by atoms with Crippen LogP contribution in [-0.2, 0) is 30.0 Å². The molecule has 2 heterocycles. The van der Waals surface area contributed by atoms with Crippen LogP contribution in [0, 0.1) is 5.82 Å². The van der Waals surface area contributed by atoms with Gasteiger partial charge < -0.3 is 20.1 Å². The number of imidazole rings is 1. The van der Waals surface area contributed by atoms with Gasteiger partial charge in [0, 0.05) is 38.2 Å². The molecule has 0 saturated carbocycles. The summed E-state index contributed by atoms with van der Waals surface area (Å²) in [6.07, 6.45) is 2.11. The molecule has 13 heteroatoms. The van der Waals surface area contributed by atoms with Crippen LogP contribution >= 0.6 is 12.4 Å². The Labute approximate surface area is 250 Å². The highest BCUT2D eigenvalue weighted by molar-refractivity contribution is 7.89. The minimum atomic E-state index is -3.25. The van der Waals surface area contributed by atoms with E-state index < -0.39 is 10.0 Å². The van der Waals surface area contributed by atoms with Crippen LogP contribution in [0.25, 0.3) is 11.0 Å². The summed E-state index contributed by atoms with van der Waals surface area (Å²) in [5, 5.41) is 6.50. The highest BCUT2D eigenvalue weighted by atomic mass is 35.5. The van der Waals surface area contributed by atoms with E-state index >= 15 is 0 Å². The molecular formula is C29H32ClFN8O2S. The van der Waals surface area contributed by atoms with E-state index in [1.54, 1.807) is 12.3 Å². The SMILES string of the molecule is CNS(=O)(=O)CCc1ccc(Nc2nccc(N(C)c3ccc4c(c3)nc(NCc3cccc(F)c3)n4C)n2)cc1.Cl. The highest BCUT2D eigenvalue weighted by Gasteiger charge is 2.13. The number of halogens is 2. The molecule has 0 aliphatic heterocycles. The Bertz CT molecular complexity index is 1780. The van der Waals surface area contributed by atoms with Crippen LogP contribution in [0.15, 0.2) is 79.0 Å². The molecule has 0 unspecified atom stereocenters. The molecule has 0 aliphatic carbocycles. The number of fused-ring (bicyclic) bond motifs is 1. The number of anilines is 5.